The molecule has 10 aromatic carbocycles. The first-order valence-corrected chi connectivity index (χ1v) is 19.2. The molecule has 0 aliphatic heterocycles. The smallest absolute Gasteiger partial charge is 0.137 e. The highest BCUT2D eigenvalue weighted by molar-refractivity contribution is 6.16. The zero-order chi connectivity index (χ0) is 37.0. The number of rotatable bonds is 6. The molecule has 0 saturated carbocycles. The maximum absolute atomic E-state index is 6.56. The summed E-state index contributed by atoms with van der Waals surface area (Å²) >= 11 is 0. The van der Waals surface area contributed by atoms with E-state index in [4.69, 9.17) is 4.42 Å². The summed E-state index contributed by atoms with van der Waals surface area (Å²) in [6.07, 6.45) is 0. The summed E-state index contributed by atoms with van der Waals surface area (Å²) in [6, 6.07) is 76.8. The van der Waals surface area contributed by atoms with Crippen LogP contribution in [-0.2, 0) is 0 Å². The summed E-state index contributed by atoms with van der Waals surface area (Å²) in [5, 5.41) is 9.42. The fourth-order valence-electron chi connectivity index (χ4n) is 8.56. The van der Waals surface area contributed by atoms with Gasteiger partial charge in [-0.3, -0.25) is 0 Å². The zero-order valence-electron chi connectivity index (χ0n) is 30.6. The van der Waals surface area contributed by atoms with Crippen molar-refractivity contribution >= 4 is 71.3 Å². The molecule has 262 valence electrons. The van der Waals surface area contributed by atoms with Gasteiger partial charge in [0.2, 0.25) is 0 Å². The SMILES string of the molecule is c1ccc(-c2ccc(N(c3ccc4ccccc4c3-c3ccc4ccccc4c3)c3cccc4oc5ccccc5c34)c(-c3ccc4ccccc4c3)c2)cc1. The van der Waals surface area contributed by atoms with Crippen molar-refractivity contribution in [2.24, 2.45) is 0 Å². The molecule has 56 heavy (non-hydrogen) atoms. The van der Waals surface area contributed by atoms with E-state index in [-0.39, 0.29) is 0 Å². The highest BCUT2D eigenvalue weighted by atomic mass is 16.3. The van der Waals surface area contributed by atoms with Gasteiger partial charge in [0.25, 0.3) is 0 Å². The van der Waals surface area contributed by atoms with Gasteiger partial charge in [0.15, 0.2) is 0 Å². The molecule has 2 heteroatoms. The van der Waals surface area contributed by atoms with Crippen LogP contribution in [0.5, 0.6) is 0 Å². The molecule has 0 aliphatic rings. The largest absolute Gasteiger partial charge is 0.456 e. The summed E-state index contributed by atoms with van der Waals surface area (Å²) in [6.45, 7) is 0. The lowest BCUT2D eigenvalue weighted by atomic mass is 9.91. The number of benzene rings is 10. The van der Waals surface area contributed by atoms with E-state index in [1.54, 1.807) is 0 Å². The lowest BCUT2D eigenvalue weighted by molar-refractivity contribution is 0.669. The minimum Gasteiger partial charge on any atom is -0.456 e. The second-order valence-corrected chi connectivity index (χ2v) is 14.5. The van der Waals surface area contributed by atoms with Crippen LogP contribution >= 0.6 is 0 Å². The predicted octanol–water partition coefficient (Wildman–Crippen LogP) is 15.5. The van der Waals surface area contributed by atoms with Crippen LogP contribution in [-0.4, -0.2) is 0 Å². The molecule has 0 unspecified atom stereocenters. The Kier molecular flexibility index (Phi) is 7.53. The fraction of sp³-hybridized carbons (Fsp3) is 0. The second kappa shape index (κ2) is 13.2. The summed E-state index contributed by atoms with van der Waals surface area (Å²) in [7, 11) is 0. The molecular formula is C54H35NO. The summed E-state index contributed by atoms with van der Waals surface area (Å²) < 4.78 is 6.56. The van der Waals surface area contributed by atoms with Crippen molar-refractivity contribution in [3.8, 4) is 33.4 Å². The fourth-order valence-corrected chi connectivity index (χ4v) is 8.56. The average molecular weight is 714 g/mol. The maximum Gasteiger partial charge on any atom is 0.137 e. The van der Waals surface area contributed by atoms with Crippen LogP contribution in [0.15, 0.2) is 217 Å². The number of nitrogens with zero attached hydrogens (tertiary/aromatic N) is 1. The van der Waals surface area contributed by atoms with Gasteiger partial charge in [0, 0.05) is 16.5 Å². The molecule has 0 fully saturated rings. The van der Waals surface area contributed by atoms with Gasteiger partial charge in [-0.05, 0) is 103 Å². The third-order valence-corrected chi connectivity index (χ3v) is 11.2. The predicted molar refractivity (Wildman–Crippen MR) is 237 cm³/mol. The van der Waals surface area contributed by atoms with Crippen molar-refractivity contribution in [2.75, 3.05) is 4.90 Å². The van der Waals surface area contributed by atoms with Gasteiger partial charge in [-0.25, -0.2) is 0 Å². The van der Waals surface area contributed by atoms with Gasteiger partial charge in [-0.1, -0.05) is 164 Å². The Labute approximate surface area is 325 Å². The first kappa shape index (κ1) is 32.0. The lowest BCUT2D eigenvalue weighted by Crippen LogP contribution is -2.13. The van der Waals surface area contributed by atoms with Crippen molar-refractivity contribution in [3.63, 3.8) is 0 Å². The highest BCUT2D eigenvalue weighted by Crippen LogP contribution is 2.51. The Bertz CT molecular complexity index is 3270. The van der Waals surface area contributed by atoms with E-state index in [9.17, 15) is 0 Å². The molecule has 0 atom stereocenters. The number of fused-ring (bicyclic) bond motifs is 6. The van der Waals surface area contributed by atoms with Gasteiger partial charge in [0.1, 0.15) is 11.2 Å². The first-order valence-electron chi connectivity index (χ1n) is 19.2. The van der Waals surface area contributed by atoms with Crippen molar-refractivity contribution in [1.29, 1.82) is 0 Å². The topological polar surface area (TPSA) is 16.4 Å². The van der Waals surface area contributed by atoms with Crippen LogP contribution in [0.2, 0.25) is 0 Å². The van der Waals surface area contributed by atoms with Crippen LogP contribution in [0, 0.1) is 0 Å². The third kappa shape index (κ3) is 5.34. The molecule has 0 spiro atoms. The van der Waals surface area contributed by atoms with E-state index in [0.29, 0.717) is 0 Å². The average Bonchev–Trinajstić information content (AvgIpc) is 3.66. The summed E-state index contributed by atoms with van der Waals surface area (Å²) in [4.78, 5) is 2.49. The minimum absolute atomic E-state index is 0.856. The molecule has 0 radical (unpaired) electrons. The lowest BCUT2D eigenvalue weighted by Gasteiger charge is -2.31. The van der Waals surface area contributed by atoms with E-state index in [2.05, 4.69) is 211 Å². The Balaban J connectivity index is 1.28. The Morgan fingerprint density at radius 3 is 1.66 bits per heavy atom. The van der Waals surface area contributed by atoms with Gasteiger partial charge >= 0.3 is 0 Å². The molecule has 0 N–H and O–H groups in total. The van der Waals surface area contributed by atoms with Gasteiger partial charge in [0.05, 0.1) is 22.4 Å². The van der Waals surface area contributed by atoms with Gasteiger partial charge in [-0.15, -0.1) is 0 Å². The molecule has 0 aliphatic carbocycles. The third-order valence-electron chi connectivity index (χ3n) is 11.2. The standard InChI is InChI=1S/C54H35NO/c1-2-13-36(14-3-1)42-30-31-48(47(35-42)43-27-25-37-15-4-6-18-40(37)33-43)55(49-22-12-24-52-54(49)46-21-10-11-23-51(46)56-52)50-32-29-39-17-8-9-20-45(39)53(50)44-28-26-38-16-5-7-19-41(38)34-44/h1-35H. The number of anilines is 3. The van der Waals surface area contributed by atoms with Crippen LogP contribution in [0.3, 0.4) is 0 Å². The summed E-state index contributed by atoms with van der Waals surface area (Å²) in [5.41, 5.74) is 11.9. The van der Waals surface area contributed by atoms with E-state index in [0.717, 1.165) is 61.3 Å². The molecule has 11 rings (SSSR count). The molecular weight excluding hydrogens is 679 g/mol. The van der Waals surface area contributed by atoms with Crippen molar-refractivity contribution < 1.29 is 4.42 Å². The normalized spacial score (nSPS) is 11.6. The monoisotopic (exact) mass is 713 g/mol. The van der Waals surface area contributed by atoms with Gasteiger partial charge in [-0.2, -0.15) is 0 Å². The molecule has 1 aromatic heterocycles. The van der Waals surface area contributed by atoms with Gasteiger partial charge < -0.3 is 9.32 Å². The minimum atomic E-state index is 0.856. The number of hydrogen-bond acceptors (Lipinski definition) is 2. The molecule has 11 aromatic rings. The maximum atomic E-state index is 6.56. The second-order valence-electron chi connectivity index (χ2n) is 14.5. The quantitative estimate of drug-likeness (QED) is 0.171. The van der Waals surface area contributed by atoms with E-state index in [1.165, 1.54) is 43.4 Å². The Morgan fingerprint density at radius 2 is 0.875 bits per heavy atom. The van der Waals surface area contributed by atoms with Crippen LogP contribution in [0.4, 0.5) is 17.1 Å². The molecule has 2 nitrogen and oxygen atoms in total. The molecule has 0 bridgehead atoms. The molecule has 0 saturated heterocycles. The number of furan rings is 1. The Morgan fingerprint density at radius 1 is 0.304 bits per heavy atom. The number of para-hydroxylation sites is 1. The van der Waals surface area contributed by atoms with Crippen molar-refractivity contribution in [2.45, 2.75) is 0 Å². The van der Waals surface area contributed by atoms with Crippen molar-refractivity contribution in [3.05, 3.63) is 212 Å². The molecule has 1 heterocycles. The van der Waals surface area contributed by atoms with Crippen LogP contribution in [0.25, 0.3) is 87.6 Å². The first-order chi connectivity index (χ1) is 27.8. The van der Waals surface area contributed by atoms with E-state index >= 15 is 0 Å². The van der Waals surface area contributed by atoms with Crippen LogP contribution in [0.1, 0.15) is 0 Å². The van der Waals surface area contributed by atoms with Crippen molar-refractivity contribution in [1.82, 2.24) is 0 Å². The Hall–Kier alpha value is -7.42. The van der Waals surface area contributed by atoms with Crippen LogP contribution < -0.4 is 4.90 Å². The number of hydrogen-bond donors (Lipinski definition) is 0. The van der Waals surface area contributed by atoms with E-state index < -0.39 is 0 Å². The summed E-state index contributed by atoms with van der Waals surface area (Å²) in [5.74, 6) is 0. The highest BCUT2D eigenvalue weighted by Gasteiger charge is 2.26. The zero-order valence-corrected chi connectivity index (χ0v) is 30.6. The molecule has 0 amide bonds. The van der Waals surface area contributed by atoms with E-state index in [1.807, 2.05) is 6.07 Å².